The summed E-state index contributed by atoms with van der Waals surface area (Å²) in [6, 6.07) is 3.45. The van der Waals surface area contributed by atoms with Gasteiger partial charge in [-0.25, -0.2) is 0 Å². The van der Waals surface area contributed by atoms with Gasteiger partial charge in [0.1, 0.15) is 4.75 Å². The Bertz CT molecular complexity index is 420. The van der Waals surface area contributed by atoms with Gasteiger partial charge >= 0.3 is 0 Å². The van der Waals surface area contributed by atoms with E-state index in [2.05, 4.69) is 16.3 Å². The van der Waals surface area contributed by atoms with Gasteiger partial charge in [-0.2, -0.15) is 0 Å². The van der Waals surface area contributed by atoms with Crippen molar-refractivity contribution in [3.05, 3.63) is 41.7 Å². The van der Waals surface area contributed by atoms with Crippen LogP contribution < -0.4 is 4.72 Å². The van der Waals surface area contributed by atoms with E-state index in [1.54, 1.807) is 12.3 Å². The second-order valence-corrected chi connectivity index (χ2v) is 7.75. The van der Waals surface area contributed by atoms with Crippen LogP contribution in [0.4, 0.5) is 0 Å². The second-order valence-electron chi connectivity index (χ2n) is 5.32. The number of halogens is 1. The molecule has 1 N–H and O–H groups in total. The summed E-state index contributed by atoms with van der Waals surface area (Å²) < 4.78 is 15.0. The lowest BCUT2D eigenvalue weighted by atomic mass is 10.1. The van der Waals surface area contributed by atoms with Crippen LogP contribution in [0.1, 0.15) is 45.3 Å². The van der Waals surface area contributed by atoms with E-state index in [1.807, 2.05) is 32.9 Å². The van der Waals surface area contributed by atoms with Gasteiger partial charge in [-0.05, 0) is 45.7 Å². The van der Waals surface area contributed by atoms with Gasteiger partial charge in [-0.15, -0.1) is 11.3 Å². The van der Waals surface area contributed by atoms with Crippen LogP contribution in [0.2, 0.25) is 5.02 Å². The standard InChI is InChI=1S/C14H21ClN2OS/c1-5-6-7-12(17-19(18)14(2,3)4)13-10-11(15)8-9-16-13/h5,8-10,12,17H,1,6-7H2,2-4H3/t12-,19-/m0/s1. The minimum Gasteiger partial charge on any atom is -0.598 e. The molecule has 0 radical (unpaired) electrons. The predicted octanol–water partition coefficient (Wildman–Crippen LogP) is 3.79. The van der Waals surface area contributed by atoms with E-state index in [0.717, 1.165) is 18.5 Å². The maximum absolute atomic E-state index is 12.2. The number of aromatic nitrogens is 1. The number of hydrogen-bond donors (Lipinski definition) is 1. The monoisotopic (exact) mass is 300 g/mol. The molecule has 0 amide bonds. The molecule has 0 fully saturated rings. The molecule has 0 bridgehead atoms. The Morgan fingerprint density at radius 2 is 2.26 bits per heavy atom. The zero-order valence-corrected chi connectivity index (χ0v) is 13.2. The normalized spacial score (nSPS) is 15.0. The van der Waals surface area contributed by atoms with Crippen LogP contribution in [-0.2, 0) is 11.4 Å². The van der Waals surface area contributed by atoms with Gasteiger partial charge in [0.25, 0.3) is 0 Å². The quantitative estimate of drug-likeness (QED) is 0.642. The third-order valence-corrected chi connectivity index (χ3v) is 4.41. The Morgan fingerprint density at radius 1 is 1.58 bits per heavy atom. The molecule has 0 unspecified atom stereocenters. The van der Waals surface area contributed by atoms with Crippen molar-refractivity contribution in [2.75, 3.05) is 0 Å². The lowest BCUT2D eigenvalue weighted by Crippen LogP contribution is -2.41. The van der Waals surface area contributed by atoms with Crippen molar-refractivity contribution in [3.8, 4) is 0 Å². The lowest BCUT2D eigenvalue weighted by Gasteiger charge is -2.27. The van der Waals surface area contributed by atoms with Crippen molar-refractivity contribution in [1.29, 1.82) is 0 Å². The highest BCUT2D eigenvalue weighted by Crippen LogP contribution is 2.24. The maximum atomic E-state index is 12.2. The summed E-state index contributed by atoms with van der Waals surface area (Å²) in [5, 5.41) is 0.636. The summed E-state index contributed by atoms with van der Waals surface area (Å²) in [6.45, 7) is 9.53. The molecule has 3 nitrogen and oxygen atoms in total. The summed E-state index contributed by atoms with van der Waals surface area (Å²) in [4.78, 5) is 4.31. The van der Waals surface area contributed by atoms with Gasteiger partial charge in [0, 0.05) is 22.6 Å². The van der Waals surface area contributed by atoms with E-state index in [4.69, 9.17) is 11.6 Å². The first-order chi connectivity index (χ1) is 8.84. The highest BCUT2D eigenvalue weighted by molar-refractivity contribution is 7.90. The summed E-state index contributed by atoms with van der Waals surface area (Å²) in [5.74, 6) is 0. The van der Waals surface area contributed by atoms with Crippen molar-refractivity contribution in [1.82, 2.24) is 9.71 Å². The van der Waals surface area contributed by atoms with E-state index in [0.29, 0.717) is 5.02 Å². The van der Waals surface area contributed by atoms with Gasteiger partial charge in [0.2, 0.25) is 0 Å². The number of pyridine rings is 1. The van der Waals surface area contributed by atoms with Crippen LogP contribution in [0.15, 0.2) is 31.0 Å². The highest BCUT2D eigenvalue weighted by Gasteiger charge is 2.30. The molecule has 0 aliphatic rings. The van der Waals surface area contributed by atoms with Gasteiger partial charge in [-0.1, -0.05) is 17.7 Å². The zero-order chi connectivity index (χ0) is 14.5. The molecule has 19 heavy (non-hydrogen) atoms. The highest BCUT2D eigenvalue weighted by atomic mass is 35.5. The van der Waals surface area contributed by atoms with Crippen LogP contribution in [-0.4, -0.2) is 14.3 Å². The SMILES string of the molecule is C=CCC[C@H](N[S@@+]([O-])C(C)(C)C)c1cc(Cl)ccn1. The van der Waals surface area contributed by atoms with Gasteiger partial charge in [0.15, 0.2) is 0 Å². The molecular formula is C14H21ClN2OS. The van der Waals surface area contributed by atoms with E-state index in [-0.39, 0.29) is 10.8 Å². The average Bonchev–Trinajstić information content (AvgIpc) is 2.33. The Labute approximate surface area is 123 Å². The van der Waals surface area contributed by atoms with E-state index >= 15 is 0 Å². The van der Waals surface area contributed by atoms with Crippen LogP contribution in [0.25, 0.3) is 0 Å². The molecule has 1 aromatic rings. The molecule has 1 rings (SSSR count). The molecule has 0 spiro atoms. The molecule has 0 aliphatic heterocycles. The lowest BCUT2D eigenvalue weighted by molar-refractivity contribution is 0.509. The first-order valence-electron chi connectivity index (χ1n) is 6.25. The molecule has 0 saturated heterocycles. The molecule has 2 atom stereocenters. The van der Waals surface area contributed by atoms with E-state index < -0.39 is 11.4 Å². The number of hydrogen-bond acceptors (Lipinski definition) is 3. The molecule has 0 aromatic carbocycles. The number of allylic oxidation sites excluding steroid dienone is 1. The fourth-order valence-electron chi connectivity index (χ4n) is 1.47. The molecule has 1 heterocycles. The fourth-order valence-corrected chi connectivity index (χ4v) is 2.49. The molecule has 0 aliphatic carbocycles. The first kappa shape index (κ1) is 16.5. The third kappa shape index (κ3) is 5.53. The molecule has 5 heteroatoms. The number of nitrogens with one attached hydrogen (secondary N) is 1. The molecule has 106 valence electrons. The summed E-state index contributed by atoms with van der Waals surface area (Å²) in [7, 11) is 0. The smallest absolute Gasteiger partial charge is 0.136 e. The number of rotatable bonds is 6. The van der Waals surface area contributed by atoms with Gasteiger partial charge in [-0.3, -0.25) is 4.98 Å². The van der Waals surface area contributed by atoms with Crippen molar-refractivity contribution >= 4 is 23.0 Å². The van der Waals surface area contributed by atoms with Crippen molar-refractivity contribution < 1.29 is 4.55 Å². The fraction of sp³-hybridized carbons (Fsp3) is 0.500. The Kier molecular flexibility index (Phi) is 6.33. The van der Waals surface area contributed by atoms with Crippen LogP contribution >= 0.6 is 11.6 Å². The molecular weight excluding hydrogens is 280 g/mol. The van der Waals surface area contributed by atoms with Crippen molar-refractivity contribution in [2.24, 2.45) is 0 Å². The van der Waals surface area contributed by atoms with Crippen molar-refractivity contribution in [3.63, 3.8) is 0 Å². The maximum Gasteiger partial charge on any atom is 0.136 e. The second kappa shape index (κ2) is 7.29. The minimum atomic E-state index is -1.15. The van der Waals surface area contributed by atoms with Crippen LogP contribution in [0, 0.1) is 0 Å². The summed E-state index contributed by atoms with van der Waals surface area (Å²) in [6.07, 6.45) is 5.13. The van der Waals surface area contributed by atoms with Crippen molar-refractivity contribution in [2.45, 2.75) is 44.4 Å². The summed E-state index contributed by atoms with van der Waals surface area (Å²) in [5.41, 5.74) is 0.812. The van der Waals surface area contributed by atoms with E-state index in [1.165, 1.54) is 0 Å². The van der Waals surface area contributed by atoms with Crippen LogP contribution in [0.3, 0.4) is 0 Å². The van der Waals surface area contributed by atoms with Gasteiger partial charge < -0.3 is 4.55 Å². The third-order valence-electron chi connectivity index (χ3n) is 2.57. The largest absolute Gasteiger partial charge is 0.598 e. The predicted molar refractivity (Wildman–Crippen MR) is 82.5 cm³/mol. The zero-order valence-electron chi connectivity index (χ0n) is 11.6. The van der Waals surface area contributed by atoms with E-state index in [9.17, 15) is 4.55 Å². The molecule has 1 aromatic heterocycles. The van der Waals surface area contributed by atoms with Gasteiger partial charge in [0.05, 0.1) is 11.7 Å². The Hall–Kier alpha value is -0.550. The number of nitrogens with zero attached hydrogens (tertiary/aromatic N) is 1. The Balaban J connectivity index is 2.85. The van der Waals surface area contributed by atoms with Crippen LogP contribution in [0.5, 0.6) is 0 Å². The first-order valence-corrected chi connectivity index (χ1v) is 7.77. The average molecular weight is 301 g/mol. The minimum absolute atomic E-state index is 0.0863. The molecule has 0 saturated carbocycles. The Morgan fingerprint density at radius 3 is 2.79 bits per heavy atom. The summed E-state index contributed by atoms with van der Waals surface area (Å²) >= 11 is 4.84. The topological polar surface area (TPSA) is 48.0 Å².